The molecule has 0 aliphatic heterocycles. The zero-order valence-electron chi connectivity index (χ0n) is 15.8. The van der Waals surface area contributed by atoms with E-state index in [2.05, 4.69) is 68.7 Å². The first-order valence-corrected chi connectivity index (χ1v) is 9.29. The maximum absolute atomic E-state index is 13.9. The van der Waals surface area contributed by atoms with Crippen molar-refractivity contribution in [1.82, 2.24) is 4.57 Å². The minimum absolute atomic E-state index is 0.213. The lowest BCUT2D eigenvalue weighted by atomic mass is 9.98. The third kappa shape index (κ3) is 2.70. The van der Waals surface area contributed by atoms with E-state index in [-0.39, 0.29) is 5.82 Å². The summed E-state index contributed by atoms with van der Waals surface area (Å²) in [6, 6.07) is 20.1. The van der Waals surface area contributed by atoms with E-state index in [0.29, 0.717) is 11.8 Å². The van der Waals surface area contributed by atoms with Crippen LogP contribution in [0.5, 0.6) is 0 Å². The number of nitrogens with zero attached hydrogens (tertiary/aromatic N) is 1. The van der Waals surface area contributed by atoms with E-state index >= 15 is 0 Å². The van der Waals surface area contributed by atoms with Gasteiger partial charge in [0.2, 0.25) is 0 Å². The molecular weight excluding hydrogens is 321 g/mol. The van der Waals surface area contributed by atoms with Gasteiger partial charge < -0.3 is 4.57 Å². The Hall–Kier alpha value is -2.61. The molecule has 0 aliphatic rings. The molecule has 0 aliphatic carbocycles. The Labute approximate surface area is 154 Å². The average molecular weight is 345 g/mol. The Kier molecular flexibility index (Phi) is 4.07. The summed E-state index contributed by atoms with van der Waals surface area (Å²) in [5.74, 6) is 0.732. The molecule has 2 heteroatoms. The predicted octanol–water partition coefficient (Wildman–Crippen LogP) is 7.17. The van der Waals surface area contributed by atoms with Gasteiger partial charge in [0.15, 0.2) is 0 Å². The second kappa shape index (κ2) is 6.28. The Morgan fingerprint density at radius 3 is 1.69 bits per heavy atom. The molecule has 1 nitrogen and oxygen atoms in total. The van der Waals surface area contributed by atoms with Gasteiger partial charge in [-0.15, -0.1) is 0 Å². The van der Waals surface area contributed by atoms with Crippen LogP contribution in [0.1, 0.15) is 50.7 Å². The second-order valence-corrected chi connectivity index (χ2v) is 7.68. The summed E-state index contributed by atoms with van der Waals surface area (Å²) in [6.07, 6.45) is 0. The number of halogens is 1. The summed E-state index contributed by atoms with van der Waals surface area (Å²) in [6.45, 7) is 8.86. The van der Waals surface area contributed by atoms with Crippen LogP contribution in [-0.4, -0.2) is 4.57 Å². The predicted molar refractivity (Wildman–Crippen MR) is 109 cm³/mol. The van der Waals surface area contributed by atoms with Crippen molar-refractivity contribution in [3.63, 3.8) is 0 Å². The van der Waals surface area contributed by atoms with Crippen LogP contribution in [-0.2, 0) is 0 Å². The fraction of sp³-hybridized carbons (Fsp3) is 0.250. The summed E-state index contributed by atoms with van der Waals surface area (Å²) < 4.78 is 16.1. The highest BCUT2D eigenvalue weighted by Gasteiger charge is 2.15. The van der Waals surface area contributed by atoms with Gasteiger partial charge in [-0.25, -0.2) is 4.39 Å². The molecule has 0 radical (unpaired) electrons. The fourth-order valence-electron chi connectivity index (χ4n) is 3.67. The van der Waals surface area contributed by atoms with Crippen LogP contribution in [0.2, 0.25) is 0 Å². The summed E-state index contributed by atoms with van der Waals surface area (Å²) in [5.41, 5.74) is 5.75. The third-order valence-electron chi connectivity index (χ3n) is 5.21. The average Bonchev–Trinajstić information content (AvgIpc) is 2.94. The lowest BCUT2D eigenvalue weighted by molar-refractivity contribution is 0.627. The van der Waals surface area contributed by atoms with E-state index in [4.69, 9.17) is 0 Å². The molecule has 132 valence electrons. The lowest BCUT2D eigenvalue weighted by Gasteiger charge is -2.09. The van der Waals surface area contributed by atoms with Gasteiger partial charge in [0.25, 0.3) is 0 Å². The molecule has 0 saturated heterocycles. The number of hydrogen-bond donors (Lipinski definition) is 0. The van der Waals surface area contributed by atoms with Crippen molar-refractivity contribution in [2.45, 2.75) is 39.5 Å². The van der Waals surface area contributed by atoms with Gasteiger partial charge in [0.1, 0.15) is 5.82 Å². The largest absolute Gasteiger partial charge is 0.309 e. The Bertz CT molecular complexity index is 1040. The second-order valence-electron chi connectivity index (χ2n) is 7.68. The van der Waals surface area contributed by atoms with Crippen LogP contribution in [0.25, 0.3) is 27.5 Å². The molecule has 0 atom stereocenters. The fourth-order valence-corrected chi connectivity index (χ4v) is 3.67. The van der Waals surface area contributed by atoms with Crippen LogP contribution in [0, 0.1) is 5.82 Å². The van der Waals surface area contributed by atoms with E-state index in [9.17, 15) is 4.39 Å². The highest BCUT2D eigenvalue weighted by atomic mass is 19.1. The molecule has 1 heterocycles. The van der Waals surface area contributed by atoms with Crippen LogP contribution in [0.15, 0.2) is 60.7 Å². The van der Waals surface area contributed by atoms with Crippen molar-refractivity contribution < 1.29 is 4.39 Å². The third-order valence-corrected chi connectivity index (χ3v) is 5.21. The van der Waals surface area contributed by atoms with Gasteiger partial charge in [-0.05, 0) is 65.4 Å². The molecule has 26 heavy (non-hydrogen) atoms. The first kappa shape index (κ1) is 16.8. The number of hydrogen-bond acceptors (Lipinski definition) is 0. The zero-order chi connectivity index (χ0) is 18.4. The normalized spacial score (nSPS) is 12.0. The van der Waals surface area contributed by atoms with Gasteiger partial charge >= 0.3 is 0 Å². The molecular formula is C24H24FN. The Morgan fingerprint density at radius 2 is 1.23 bits per heavy atom. The summed E-state index contributed by atoms with van der Waals surface area (Å²) in [7, 11) is 0. The quantitative estimate of drug-likeness (QED) is 0.371. The number of fused-ring (bicyclic) bond motifs is 3. The summed E-state index contributed by atoms with van der Waals surface area (Å²) in [5, 5.41) is 2.47. The lowest BCUT2D eigenvalue weighted by Crippen LogP contribution is -1.95. The summed E-state index contributed by atoms with van der Waals surface area (Å²) >= 11 is 0. The van der Waals surface area contributed by atoms with Gasteiger partial charge in [-0.1, -0.05) is 45.9 Å². The maximum atomic E-state index is 13.9. The van der Waals surface area contributed by atoms with Crippen molar-refractivity contribution in [1.29, 1.82) is 0 Å². The minimum atomic E-state index is -0.213. The zero-order valence-corrected chi connectivity index (χ0v) is 15.8. The smallest absolute Gasteiger partial charge is 0.125 e. The molecule has 0 fully saturated rings. The van der Waals surface area contributed by atoms with Crippen molar-refractivity contribution in [3.05, 3.63) is 77.6 Å². The van der Waals surface area contributed by atoms with Gasteiger partial charge in [0, 0.05) is 16.5 Å². The maximum Gasteiger partial charge on any atom is 0.125 e. The molecule has 0 unspecified atom stereocenters. The number of rotatable bonds is 3. The van der Waals surface area contributed by atoms with Crippen molar-refractivity contribution >= 4 is 21.8 Å². The van der Waals surface area contributed by atoms with Gasteiger partial charge in [0.05, 0.1) is 11.0 Å². The van der Waals surface area contributed by atoms with Crippen LogP contribution in [0.4, 0.5) is 4.39 Å². The number of benzene rings is 3. The van der Waals surface area contributed by atoms with E-state index in [1.165, 1.54) is 28.0 Å². The SMILES string of the molecule is CC(C)c1ccc2c(c1)c1cc(C(C)C)ccc1n2-c1cccc(F)c1. The first-order valence-electron chi connectivity index (χ1n) is 9.29. The van der Waals surface area contributed by atoms with Crippen molar-refractivity contribution in [2.75, 3.05) is 0 Å². The molecule has 0 saturated carbocycles. The number of aromatic nitrogens is 1. The Balaban J connectivity index is 2.12. The van der Waals surface area contributed by atoms with Crippen molar-refractivity contribution in [2.24, 2.45) is 0 Å². The van der Waals surface area contributed by atoms with E-state index in [1.807, 2.05) is 6.07 Å². The molecule has 0 N–H and O–H groups in total. The molecule has 0 amide bonds. The summed E-state index contributed by atoms with van der Waals surface area (Å²) in [4.78, 5) is 0. The van der Waals surface area contributed by atoms with Gasteiger partial charge in [-0.3, -0.25) is 0 Å². The van der Waals surface area contributed by atoms with Crippen LogP contribution >= 0.6 is 0 Å². The molecule has 0 spiro atoms. The van der Waals surface area contributed by atoms with Crippen LogP contribution < -0.4 is 0 Å². The van der Waals surface area contributed by atoms with E-state index in [1.54, 1.807) is 12.1 Å². The van der Waals surface area contributed by atoms with E-state index < -0.39 is 0 Å². The molecule has 1 aromatic heterocycles. The van der Waals surface area contributed by atoms with Gasteiger partial charge in [-0.2, -0.15) is 0 Å². The minimum Gasteiger partial charge on any atom is -0.309 e. The van der Waals surface area contributed by atoms with Crippen molar-refractivity contribution in [3.8, 4) is 5.69 Å². The molecule has 0 bridgehead atoms. The highest BCUT2D eigenvalue weighted by Crippen LogP contribution is 2.35. The van der Waals surface area contributed by atoms with E-state index in [0.717, 1.165) is 16.7 Å². The monoisotopic (exact) mass is 345 g/mol. The topological polar surface area (TPSA) is 4.93 Å². The molecule has 3 aromatic carbocycles. The Morgan fingerprint density at radius 1 is 0.692 bits per heavy atom. The highest BCUT2D eigenvalue weighted by molar-refractivity contribution is 6.09. The van der Waals surface area contributed by atoms with Crippen LogP contribution in [0.3, 0.4) is 0 Å². The molecule has 4 aromatic rings. The molecule has 4 rings (SSSR count). The first-order chi connectivity index (χ1) is 12.5. The standard InChI is InChI=1S/C24H24FN/c1-15(2)17-8-10-23-21(12-17)22-13-18(16(3)4)9-11-24(22)26(23)20-7-5-6-19(25)14-20/h5-16H,1-4H3.